The molecule has 0 saturated heterocycles. The van der Waals surface area contributed by atoms with Gasteiger partial charge in [-0.25, -0.2) is 9.59 Å². The van der Waals surface area contributed by atoms with Crippen LogP contribution in [0, 0.1) is 5.92 Å². The second-order valence-corrected chi connectivity index (χ2v) is 11.0. The summed E-state index contributed by atoms with van der Waals surface area (Å²) in [5.74, 6) is -0.888. The van der Waals surface area contributed by atoms with Crippen LogP contribution in [0.3, 0.4) is 0 Å². The highest BCUT2D eigenvalue weighted by Gasteiger charge is 2.46. The predicted octanol–water partition coefficient (Wildman–Crippen LogP) is 4.94. The molecule has 2 heterocycles. The highest BCUT2D eigenvalue weighted by Crippen LogP contribution is 2.56. The number of anilines is 1. The van der Waals surface area contributed by atoms with E-state index in [-0.39, 0.29) is 21.6 Å². The van der Waals surface area contributed by atoms with E-state index in [4.69, 9.17) is 26.4 Å². The van der Waals surface area contributed by atoms with Crippen LogP contribution < -0.4 is 9.64 Å². The van der Waals surface area contributed by atoms with Gasteiger partial charge in [-0.1, -0.05) is 49.6 Å². The van der Waals surface area contributed by atoms with Crippen molar-refractivity contribution < 1.29 is 28.6 Å². The molecule has 0 fully saturated rings. The van der Waals surface area contributed by atoms with Gasteiger partial charge in [0.05, 0.1) is 41.7 Å². The summed E-state index contributed by atoms with van der Waals surface area (Å²) < 4.78 is 15.9. The van der Waals surface area contributed by atoms with Gasteiger partial charge >= 0.3 is 11.9 Å². The molecule has 1 aromatic carbocycles. The predicted molar refractivity (Wildman–Crippen MR) is 140 cm³/mol. The molecule has 2 aliphatic rings. The van der Waals surface area contributed by atoms with Crippen molar-refractivity contribution in [2.75, 3.05) is 26.2 Å². The van der Waals surface area contributed by atoms with Gasteiger partial charge in [-0.3, -0.25) is 4.79 Å². The maximum Gasteiger partial charge on any atom is 0.346 e. The minimum absolute atomic E-state index is 0.0272. The number of carbonyl (C=O) groups is 3. The van der Waals surface area contributed by atoms with E-state index in [1.807, 2.05) is 39.8 Å². The molecule has 0 unspecified atom stereocenters. The maximum atomic E-state index is 13.5. The van der Waals surface area contributed by atoms with Crippen molar-refractivity contribution in [3.05, 3.63) is 37.8 Å². The molecule has 0 bridgehead atoms. The van der Waals surface area contributed by atoms with Crippen LogP contribution in [0.4, 0.5) is 5.69 Å². The largest absolute Gasteiger partial charge is 0.497 e. The second-order valence-electron chi connectivity index (χ2n) is 8.26. The first-order valence-corrected chi connectivity index (χ1v) is 12.7. The fraction of sp³-hybridized carbons (Fsp3) is 0.417. The molecular formula is C24H27NO6S3. The Kier molecular flexibility index (Phi) is 7.84. The Balaban J connectivity index is 2.28. The molecule has 182 valence electrons. The average molecular weight is 522 g/mol. The molecule has 0 radical (unpaired) electrons. The lowest BCUT2D eigenvalue weighted by Crippen LogP contribution is -2.57. The summed E-state index contributed by atoms with van der Waals surface area (Å²) in [4.78, 5) is 40.9. The monoisotopic (exact) mass is 521 g/mol. The fourth-order valence-corrected chi connectivity index (χ4v) is 6.75. The second kappa shape index (κ2) is 10.1. The molecule has 1 atom stereocenters. The van der Waals surface area contributed by atoms with Gasteiger partial charge in [0, 0.05) is 17.1 Å². The molecule has 3 rings (SSSR count). The number of nitrogens with zero attached hydrogens (tertiary/aromatic N) is 1. The van der Waals surface area contributed by atoms with Crippen LogP contribution in [0.5, 0.6) is 5.75 Å². The third-order valence-electron chi connectivity index (χ3n) is 5.85. The van der Waals surface area contributed by atoms with E-state index in [9.17, 15) is 14.4 Å². The summed E-state index contributed by atoms with van der Waals surface area (Å²) in [5, 5.41) is 0. The lowest BCUT2D eigenvalue weighted by molar-refractivity contribution is -0.138. The van der Waals surface area contributed by atoms with Crippen molar-refractivity contribution in [2.45, 2.75) is 39.7 Å². The van der Waals surface area contributed by atoms with Crippen molar-refractivity contribution in [3.8, 4) is 5.75 Å². The fourth-order valence-electron chi connectivity index (χ4n) is 3.72. The zero-order chi connectivity index (χ0) is 25.4. The van der Waals surface area contributed by atoms with Gasteiger partial charge in [-0.2, -0.15) is 0 Å². The number of fused-ring (bicyclic) bond motifs is 1. The number of hydrogen-bond acceptors (Lipinski definition) is 9. The van der Waals surface area contributed by atoms with E-state index < -0.39 is 17.5 Å². The van der Waals surface area contributed by atoms with Crippen LogP contribution in [-0.2, 0) is 23.9 Å². The molecule has 0 saturated carbocycles. The van der Waals surface area contributed by atoms with Crippen LogP contribution in [-0.4, -0.2) is 49.6 Å². The van der Waals surface area contributed by atoms with Gasteiger partial charge in [0.15, 0.2) is 0 Å². The summed E-state index contributed by atoms with van der Waals surface area (Å²) in [6, 6.07) is 5.47. The topological polar surface area (TPSA) is 82.1 Å². The van der Waals surface area contributed by atoms with Crippen molar-refractivity contribution in [1.82, 2.24) is 0 Å². The van der Waals surface area contributed by atoms with E-state index in [1.54, 1.807) is 18.1 Å². The van der Waals surface area contributed by atoms with E-state index in [1.165, 1.54) is 14.2 Å². The van der Waals surface area contributed by atoms with Gasteiger partial charge in [0.1, 0.15) is 15.6 Å². The number of rotatable bonds is 5. The Bertz CT molecular complexity index is 1110. The number of hydrogen-bond donors (Lipinski definition) is 0. The smallest absolute Gasteiger partial charge is 0.346 e. The minimum atomic E-state index is -0.833. The van der Waals surface area contributed by atoms with Crippen LogP contribution in [0.1, 0.15) is 39.7 Å². The Morgan fingerprint density at radius 2 is 1.62 bits per heavy atom. The molecule has 0 aromatic heterocycles. The van der Waals surface area contributed by atoms with E-state index in [2.05, 4.69) is 0 Å². The quantitative estimate of drug-likeness (QED) is 0.304. The molecule has 0 aliphatic carbocycles. The number of benzene rings is 1. The van der Waals surface area contributed by atoms with Crippen molar-refractivity contribution in [1.29, 1.82) is 0 Å². The minimum Gasteiger partial charge on any atom is -0.497 e. The number of carbonyl (C=O) groups excluding carboxylic acids is 3. The van der Waals surface area contributed by atoms with Crippen LogP contribution >= 0.6 is 35.7 Å². The van der Waals surface area contributed by atoms with Crippen LogP contribution in [0.2, 0.25) is 0 Å². The van der Waals surface area contributed by atoms with Crippen LogP contribution in [0.15, 0.2) is 32.2 Å². The third-order valence-corrected chi connectivity index (χ3v) is 9.11. The zero-order valence-electron chi connectivity index (χ0n) is 20.1. The van der Waals surface area contributed by atoms with Gasteiger partial charge in [0.25, 0.3) is 0 Å². The van der Waals surface area contributed by atoms with E-state index in [0.29, 0.717) is 38.1 Å². The number of amides is 1. The van der Waals surface area contributed by atoms with Crippen molar-refractivity contribution >= 4 is 69.7 Å². The molecule has 34 heavy (non-hydrogen) atoms. The summed E-state index contributed by atoms with van der Waals surface area (Å²) in [7, 11) is 4.08. The highest BCUT2D eigenvalue weighted by molar-refractivity contribution is 8.29. The molecule has 10 heteroatoms. The SMILES string of the molecule is CC[C@H](C)C(=O)N1c2ccc(OC)cc2C(=C2SC(C(=O)OC)=C(C(=O)OC)S2)C(=S)C1(C)C. The molecule has 7 nitrogen and oxygen atoms in total. The molecular weight excluding hydrogens is 494 g/mol. The Morgan fingerprint density at radius 3 is 2.09 bits per heavy atom. The first kappa shape index (κ1) is 26.3. The third kappa shape index (κ3) is 4.38. The van der Waals surface area contributed by atoms with Crippen molar-refractivity contribution in [2.24, 2.45) is 5.92 Å². The van der Waals surface area contributed by atoms with Gasteiger partial charge in [0.2, 0.25) is 5.91 Å². The van der Waals surface area contributed by atoms with Crippen LogP contribution in [0.25, 0.3) is 5.57 Å². The lowest BCUT2D eigenvalue weighted by atomic mass is 9.82. The number of thiocarbonyl (C=S) groups is 1. The van der Waals surface area contributed by atoms with E-state index >= 15 is 0 Å². The zero-order valence-corrected chi connectivity index (χ0v) is 22.6. The Hall–Kier alpha value is -2.30. The van der Waals surface area contributed by atoms with Crippen molar-refractivity contribution in [3.63, 3.8) is 0 Å². The number of esters is 2. The maximum absolute atomic E-state index is 13.5. The average Bonchev–Trinajstić information content (AvgIpc) is 3.27. The Labute approximate surface area is 213 Å². The highest BCUT2D eigenvalue weighted by atomic mass is 32.2. The first-order valence-electron chi connectivity index (χ1n) is 10.6. The van der Waals surface area contributed by atoms with Gasteiger partial charge in [-0.05, 0) is 38.5 Å². The molecule has 0 N–H and O–H groups in total. The normalized spacial score (nSPS) is 18.0. The molecule has 1 aromatic rings. The summed E-state index contributed by atoms with van der Waals surface area (Å²) in [6.45, 7) is 7.68. The molecule has 2 aliphatic heterocycles. The Morgan fingerprint density at radius 1 is 1.06 bits per heavy atom. The number of ether oxygens (including phenoxy) is 3. The lowest BCUT2D eigenvalue weighted by Gasteiger charge is -2.46. The number of methoxy groups -OCH3 is 3. The standard InChI is InChI=1S/C24H27NO6S3/c1-8-12(2)20(26)25-15-10-9-13(29-5)11-14(15)16(19(32)24(25,3)4)23-33-17(21(27)30-6)18(34-23)22(28)31-7/h9-12H,8H2,1-7H3/t12-/m0/s1. The summed E-state index contributed by atoms with van der Waals surface area (Å²) in [5.41, 5.74) is 1.24. The number of thioether (sulfide) groups is 2. The first-order chi connectivity index (χ1) is 16.0. The summed E-state index contributed by atoms with van der Waals surface area (Å²) in [6.07, 6.45) is 0.693. The molecule has 1 amide bonds. The summed E-state index contributed by atoms with van der Waals surface area (Å²) >= 11 is 8.21. The van der Waals surface area contributed by atoms with Gasteiger partial charge < -0.3 is 19.1 Å². The molecule has 0 spiro atoms. The van der Waals surface area contributed by atoms with Gasteiger partial charge in [-0.15, -0.1) is 0 Å². The van der Waals surface area contributed by atoms with E-state index in [0.717, 1.165) is 23.5 Å².